The van der Waals surface area contributed by atoms with E-state index in [4.69, 9.17) is 0 Å². The normalized spacial score (nSPS) is 16.3. The van der Waals surface area contributed by atoms with Crippen LogP contribution in [0.5, 0.6) is 0 Å². The molecule has 0 saturated carbocycles. The monoisotopic (exact) mass is 798 g/mol. The van der Waals surface area contributed by atoms with E-state index in [1.807, 2.05) is 0 Å². The molecule has 300 valence electrons. The van der Waals surface area contributed by atoms with Crippen LogP contribution in [0.2, 0.25) is 0 Å². The van der Waals surface area contributed by atoms with Gasteiger partial charge in [-0.25, -0.2) is 0 Å². The lowest BCUT2D eigenvalue weighted by Gasteiger charge is -2.33. The highest BCUT2D eigenvalue weighted by molar-refractivity contribution is 6.01. The summed E-state index contributed by atoms with van der Waals surface area (Å²) in [4.78, 5) is 4.90. The Bertz CT molecular complexity index is 2980. The van der Waals surface area contributed by atoms with E-state index >= 15 is 0 Å². The summed E-state index contributed by atoms with van der Waals surface area (Å²) in [6.45, 7) is 11.1. The van der Waals surface area contributed by atoms with Gasteiger partial charge in [0, 0.05) is 34.1 Å². The van der Waals surface area contributed by atoms with Crippen LogP contribution >= 0.6 is 0 Å². The van der Waals surface area contributed by atoms with Crippen molar-refractivity contribution in [2.24, 2.45) is 11.8 Å². The lowest BCUT2D eigenvalue weighted by atomic mass is 9.70. The molecule has 1 spiro atoms. The lowest BCUT2D eigenvalue weighted by molar-refractivity contribution is 0.547. The van der Waals surface area contributed by atoms with Gasteiger partial charge in [-0.15, -0.1) is 0 Å². The summed E-state index contributed by atoms with van der Waals surface area (Å²) in [7, 11) is 0. The molecule has 2 unspecified atom stereocenters. The lowest BCUT2D eigenvalue weighted by Crippen LogP contribution is -2.25. The van der Waals surface area contributed by atoms with E-state index in [9.17, 15) is 0 Å². The van der Waals surface area contributed by atoms with Crippen molar-refractivity contribution in [2.45, 2.75) is 40.0 Å². The number of nitrogens with zero attached hydrogens (tertiary/aromatic N) is 2. The van der Waals surface area contributed by atoms with Gasteiger partial charge in [0.25, 0.3) is 0 Å². The Morgan fingerprint density at radius 3 is 1.35 bits per heavy atom. The molecule has 0 saturated heterocycles. The Hall–Kier alpha value is -7.16. The minimum atomic E-state index is -0.427. The molecule has 0 aromatic heterocycles. The number of anilines is 5. The first-order chi connectivity index (χ1) is 30.3. The summed E-state index contributed by atoms with van der Waals surface area (Å²) in [5.74, 6) is 0.855. The third kappa shape index (κ3) is 5.92. The third-order valence-electron chi connectivity index (χ3n) is 13.7. The largest absolute Gasteiger partial charge is 0.311 e. The van der Waals surface area contributed by atoms with Gasteiger partial charge in [0.15, 0.2) is 0 Å². The minimum Gasteiger partial charge on any atom is -0.311 e. The van der Waals surface area contributed by atoms with Gasteiger partial charge in [-0.3, -0.25) is 0 Å². The first-order valence-corrected chi connectivity index (χ1v) is 22.1. The molecule has 11 rings (SSSR count). The van der Waals surface area contributed by atoms with Gasteiger partial charge in [0.05, 0.1) is 5.41 Å². The smallest absolute Gasteiger partial charge is 0.0725 e. The Kier molecular flexibility index (Phi) is 9.02. The summed E-state index contributed by atoms with van der Waals surface area (Å²) in [6.07, 6.45) is 7.14. The summed E-state index contributed by atoms with van der Waals surface area (Å²) in [5, 5.41) is 0. The fraction of sp³-hybridized carbons (Fsp3) is 0.133. The number of hydrogen-bond acceptors (Lipinski definition) is 2. The van der Waals surface area contributed by atoms with E-state index < -0.39 is 5.41 Å². The maximum absolute atomic E-state index is 2.47. The van der Waals surface area contributed by atoms with Gasteiger partial charge in [-0.1, -0.05) is 170 Å². The van der Waals surface area contributed by atoms with E-state index in [0.29, 0.717) is 11.8 Å². The van der Waals surface area contributed by atoms with Crippen LogP contribution < -0.4 is 9.80 Å². The second-order valence-corrected chi connectivity index (χ2v) is 17.7. The molecule has 3 aliphatic rings. The van der Waals surface area contributed by atoms with Crippen molar-refractivity contribution < 1.29 is 0 Å². The first kappa shape index (κ1) is 37.8. The quantitative estimate of drug-likeness (QED) is 0.158. The van der Waals surface area contributed by atoms with Gasteiger partial charge in [-0.05, 0) is 149 Å². The van der Waals surface area contributed by atoms with Crippen LogP contribution in [0.3, 0.4) is 0 Å². The van der Waals surface area contributed by atoms with Gasteiger partial charge >= 0.3 is 0 Å². The van der Waals surface area contributed by atoms with Crippen LogP contribution in [-0.4, -0.2) is 0 Å². The third-order valence-corrected chi connectivity index (χ3v) is 13.7. The Balaban J connectivity index is 1.22. The molecule has 8 aromatic rings. The van der Waals surface area contributed by atoms with Gasteiger partial charge in [0.2, 0.25) is 0 Å². The maximum atomic E-state index is 2.47. The SMILES string of the molecule is Cc1ccc(N(C2=CC(C)C(C)C=C2)c2cc(-c3cccc4c3-c3ccccc3C43c4ccccc4-c4ccccc43)cc(N(c3ccc(C)cc3)c3ccc(C)cc3)c2)cc1. The Labute approximate surface area is 366 Å². The molecule has 8 aromatic carbocycles. The predicted molar refractivity (Wildman–Crippen MR) is 261 cm³/mol. The maximum Gasteiger partial charge on any atom is 0.0725 e. The Morgan fingerprint density at radius 2 is 0.823 bits per heavy atom. The highest BCUT2D eigenvalue weighted by atomic mass is 15.2. The summed E-state index contributed by atoms with van der Waals surface area (Å²) < 4.78 is 0. The molecule has 0 radical (unpaired) electrons. The van der Waals surface area contributed by atoms with Gasteiger partial charge in [-0.2, -0.15) is 0 Å². The number of allylic oxidation sites excluding steroid dienone is 3. The minimum absolute atomic E-state index is 0.393. The molecule has 3 aliphatic carbocycles. The fourth-order valence-electron chi connectivity index (χ4n) is 10.4. The van der Waals surface area contributed by atoms with Crippen LogP contribution in [0.4, 0.5) is 28.4 Å². The van der Waals surface area contributed by atoms with Crippen molar-refractivity contribution >= 4 is 28.4 Å². The zero-order valence-electron chi connectivity index (χ0n) is 36.1. The summed E-state index contributed by atoms with van der Waals surface area (Å²) >= 11 is 0. The zero-order valence-corrected chi connectivity index (χ0v) is 36.1. The van der Waals surface area contributed by atoms with E-state index in [1.165, 1.54) is 78.0 Å². The van der Waals surface area contributed by atoms with Crippen molar-refractivity contribution in [3.63, 3.8) is 0 Å². The molecule has 0 N–H and O–H groups in total. The average Bonchev–Trinajstić information content (AvgIpc) is 3.77. The van der Waals surface area contributed by atoms with Crippen molar-refractivity contribution in [3.05, 3.63) is 245 Å². The number of fused-ring (bicyclic) bond motifs is 10. The van der Waals surface area contributed by atoms with Crippen molar-refractivity contribution in [1.29, 1.82) is 0 Å². The number of aryl methyl sites for hydroxylation is 3. The molecule has 62 heavy (non-hydrogen) atoms. The standard InChI is InChI=1S/C60H50N2/c1-39-21-28-45(29-22-39)61(46-30-23-40(2)24-31-46)49-36-44(37-50(38-49)62(47-32-25-41(3)26-33-47)48-34-27-42(4)43(5)35-48)51-16-12-20-58-59(51)54-15-8-11-19-57(54)60(58)55-17-9-6-13-52(55)53-14-7-10-18-56(53)60/h6-38,42-43H,1-5H3. The number of benzene rings is 8. The van der Waals surface area contributed by atoms with E-state index in [0.717, 1.165) is 28.4 Å². The molecule has 0 aliphatic heterocycles. The first-order valence-electron chi connectivity index (χ1n) is 22.1. The molecule has 2 heteroatoms. The second-order valence-electron chi connectivity index (χ2n) is 17.7. The van der Waals surface area contributed by atoms with E-state index in [2.05, 4.69) is 245 Å². The molecular formula is C60H50N2. The average molecular weight is 799 g/mol. The molecule has 0 heterocycles. The van der Waals surface area contributed by atoms with E-state index in [-0.39, 0.29) is 0 Å². The molecule has 2 nitrogen and oxygen atoms in total. The topological polar surface area (TPSA) is 6.48 Å². The fourth-order valence-corrected chi connectivity index (χ4v) is 10.4. The van der Waals surface area contributed by atoms with Crippen LogP contribution in [0, 0.1) is 32.6 Å². The van der Waals surface area contributed by atoms with Crippen molar-refractivity contribution in [3.8, 4) is 33.4 Å². The van der Waals surface area contributed by atoms with Crippen LogP contribution in [0.25, 0.3) is 33.4 Å². The number of rotatable bonds is 7. The predicted octanol–water partition coefficient (Wildman–Crippen LogP) is 16.0. The van der Waals surface area contributed by atoms with Gasteiger partial charge in [0.1, 0.15) is 0 Å². The van der Waals surface area contributed by atoms with Crippen LogP contribution in [0.15, 0.2) is 206 Å². The van der Waals surface area contributed by atoms with Crippen molar-refractivity contribution in [1.82, 2.24) is 0 Å². The molecular weight excluding hydrogens is 749 g/mol. The molecule has 0 amide bonds. The molecule has 2 atom stereocenters. The van der Waals surface area contributed by atoms with Crippen LogP contribution in [-0.2, 0) is 5.41 Å². The highest BCUT2D eigenvalue weighted by Gasteiger charge is 2.52. The van der Waals surface area contributed by atoms with Crippen LogP contribution in [0.1, 0.15) is 52.8 Å². The highest BCUT2D eigenvalue weighted by Crippen LogP contribution is 2.64. The summed E-state index contributed by atoms with van der Waals surface area (Å²) in [6, 6.07) is 68.5. The zero-order chi connectivity index (χ0) is 42.1. The summed E-state index contributed by atoms with van der Waals surface area (Å²) in [5.41, 5.74) is 23.1. The van der Waals surface area contributed by atoms with Crippen molar-refractivity contribution in [2.75, 3.05) is 9.80 Å². The Morgan fingerprint density at radius 1 is 0.387 bits per heavy atom. The molecule has 0 fully saturated rings. The second kappa shape index (κ2) is 14.8. The number of hydrogen-bond donors (Lipinski definition) is 0. The van der Waals surface area contributed by atoms with E-state index in [1.54, 1.807) is 0 Å². The van der Waals surface area contributed by atoms with Gasteiger partial charge < -0.3 is 9.80 Å². The molecule has 0 bridgehead atoms.